The van der Waals surface area contributed by atoms with Crippen LogP contribution in [0.25, 0.3) is 21.5 Å². The standard InChI is InChI=1S/C26H31N5O3S.C3H8/c32-25-11-18(14-28-25)16-34-24-13-19(12-23-26(24)35-17-29-23)22-2-1-21(15-27-22)31-7-5-30(6-8-31)20-3-9-33-10-4-20;1-3-2/h1-2,12-13,15,17-18,20H,3-11,14,16H2,(H,28,32);3H2,1-2H3. The molecular formula is C29H39N5O3S. The number of rotatable bonds is 6. The fraction of sp³-hybridized carbons (Fsp3) is 0.552. The molecule has 0 spiro atoms. The second-order valence-electron chi connectivity index (χ2n) is 10.3. The normalized spacial score (nSPS) is 20.7. The summed E-state index contributed by atoms with van der Waals surface area (Å²) in [6.07, 6.45) is 6.07. The van der Waals surface area contributed by atoms with Gasteiger partial charge in [-0.1, -0.05) is 20.3 Å². The van der Waals surface area contributed by atoms with Crippen LogP contribution in [0.1, 0.15) is 39.5 Å². The quantitative estimate of drug-likeness (QED) is 0.493. The minimum atomic E-state index is 0.101. The van der Waals surface area contributed by atoms with Crippen molar-refractivity contribution in [3.05, 3.63) is 36.0 Å². The average molecular weight is 538 g/mol. The Bertz CT molecular complexity index is 1190. The van der Waals surface area contributed by atoms with E-state index in [1.54, 1.807) is 11.3 Å². The van der Waals surface area contributed by atoms with Gasteiger partial charge in [-0.2, -0.15) is 0 Å². The van der Waals surface area contributed by atoms with E-state index in [4.69, 9.17) is 14.5 Å². The highest BCUT2D eigenvalue weighted by molar-refractivity contribution is 7.17. The molecule has 3 aliphatic heterocycles. The highest BCUT2D eigenvalue weighted by atomic mass is 32.1. The van der Waals surface area contributed by atoms with E-state index in [1.165, 1.54) is 12.1 Å². The van der Waals surface area contributed by atoms with Crippen molar-refractivity contribution in [3.8, 4) is 17.0 Å². The first-order valence-electron chi connectivity index (χ1n) is 13.9. The predicted octanol–water partition coefficient (Wildman–Crippen LogP) is 4.59. The van der Waals surface area contributed by atoms with Crippen LogP contribution in [0.2, 0.25) is 0 Å². The number of amides is 1. The molecule has 5 heterocycles. The molecule has 3 fully saturated rings. The molecule has 1 unspecified atom stereocenters. The van der Waals surface area contributed by atoms with Crippen LogP contribution in [-0.4, -0.2) is 79.4 Å². The first kappa shape index (κ1) is 26.8. The number of anilines is 1. The van der Waals surface area contributed by atoms with E-state index < -0.39 is 0 Å². The van der Waals surface area contributed by atoms with Crippen molar-refractivity contribution in [2.24, 2.45) is 5.92 Å². The molecule has 38 heavy (non-hydrogen) atoms. The van der Waals surface area contributed by atoms with Crippen molar-refractivity contribution < 1.29 is 14.3 Å². The molecule has 2 aromatic heterocycles. The summed E-state index contributed by atoms with van der Waals surface area (Å²) in [5, 5.41) is 2.88. The van der Waals surface area contributed by atoms with Gasteiger partial charge in [-0.3, -0.25) is 14.7 Å². The van der Waals surface area contributed by atoms with Gasteiger partial charge in [0.2, 0.25) is 5.91 Å². The molecule has 3 aliphatic rings. The monoisotopic (exact) mass is 537 g/mol. The second kappa shape index (κ2) is 12.9. The maximum absolute atomic E-state index is 11.5. The molecule has 1 amide bonds. The molecule has 0 aliphatic carbocycles. The average Bonchev–Trinajstić information content (AvgIpc) is 3.61. The van der Waals surface area contributed by atoms with Gasteiger partial charge in [0, 0.05) is 69.9 Å². The Morgan fingerprint density at radius 3 is 2.58 bits per heavy atom. The number of hydrogen-bond acceptors (Lipinski definition) is 8. The molecule has 8 nitrogen and oxygen atoms in total. The zero-order valence-electron chi connectivity index (χ0n) is 22.5. The number of nitrogens with zero attached hydrogens (tertiary/aromatic N) is 4. The number of nitrogens with one attached hydrogen (secondary N) is 1. The second-order valence-corrected chi connectivity index (χ2v) is 11.2. The third-order valence-electron chi connectivity index (χ3n) is 7.36. The number of piperazine rings is 1. The van der Waals surface area contributed by atoms with Crippen LogP contribution in [-0.2, 0) is 9.53 Å². The van der Waals surface area contributed by atoms with Crippen molar-refractivity contribution in [1.82, 2.24) is 20.2 Å². The van der Waals surface area contributed by atoms with Crippen LogP contribution >= 0.6 is 11.3 Å². The first-order valence-corrected chi connectivity index (χ1v) is 14.8. The smallest absolute Gasteiger partial charge is 0.220 e. The number of carbonyl (C=O) groups is 1. The summed E-state index contributed by atoms with van der Waals surface area (Å²) in [7, 11) is 0. The van der Waals surface area contributed by atoms with E-state index in [0.717, 1.165) is 79.5 Å². The lowest BCUT2D eigenvalue weighted by atomic mass is 10.1. The maximum Gasteiger partial charge on any atom is 0.220 e. The Labute approximate surface area is 229 Å². The summed E-state index contributed by atoms with van der Waals surface area (Å²) in [5.74, 6) is 1.12. The Hall–Kier alpha value is -2.75. The minimum Gasteiger partial charge on any atom is -0.492 e. The molecule has 6 rings (SSSR count). The first-order chi connectivity index (χ1) is 18.6. The van der Waals surface area contributed by atoms with Crippen molar-refractivity contribution in [3.63, 3.8) is 0 Å². The summed E-state index contributed by atoms with van der Waals surface area (Å²) in [6, 6.07) is 9.08. The Morgan fingerprint density at radius 2 is 1.89 bits per heavy atom. The molecule has 1 aromatic carbocycles. The van der Waals surface area contributed by atoms with Crippen LogP contribution in [0.15, 0.2) is 36.0 Å². The van der Waals surface area contributed by atoms with Crippen LogP contribution in [0.3, 0.4) is 0 Å². The number of thiazole rings is 1. The third kappa shape index (κ3) is 6.45. The van der Waals surface area contributed by atoms with E-state index in [1.807, 2.05) is 11.7 Å². The minimum absolute atomic E-state index is 0.101. The van der Waals surface area contributed by atoms with Gasteiger partial charge in [-0.25, -0.2) is 4.98 Å². The van der Waals surface area contributed by atoms with E-state index in [0.29, 0.717) is 25.6 Å². The number of fused-ring (bicyclic) bond motifs is 1. The van der Waals surface area contributed by atoms with Crippen LogP contribution < -0.4 is 15.0 Å². The molecule has 1 atom stereocenters. The largest absolute Gasteiger partial charge is 0.492 e. The predicted molar refractivity (Wildman–Crippen MR) is 153 cm³/mol. The zero-order valence-corrected chi connectivity index (χ0v) is 23.3. The van der Waals surface area contributed by atoms with Crippen LogP contribution in [0.5, 0.6) is 5.75 Å². The Morgan fingerprint density at radius 1 is 1.11 bits per heavy atom. The van der Waals surface area contributed by atoms with E-state index in [2.05, 4.69) is 58.2 Å². The van der Waals surface area contributed by atoms with Crippen LogP contribution in [0.4, 0.5) is 5.69 Å². The van der Waals surface area contributed by atoms with Crippen molar-refractivity contribution in [2.75, 3.05) is 57.4 Å². The van der Waals surface area contributed by atoms with Gasteiger partial charge < -0.3 is 19.7 Å². The number of carbonyl (C=O) groups excluding carboxylic acids is 1. The molecule has 204 valence electrons. The molecule has 0 bridgehead atoms. The third-order valence-corrected chi connectivity index (χ3v) is 8.22. The fourth-order valence-electron chi connectivity index (χ4n) is 5.32. The fourth-order valence-corrected chi connectivity index (χ4v) is 6.06. The van der Waals surface area contributed by atoms with Gasteiger partial charge in [-0.05, 0) is 37.1 Å². The molecule has 3 aromatic rings. The van der Waals surface area contributed by atoms with Crippen molar-refractivity contribution in [2.45, 2.75) is 45.6 Å². The number of ether oxygens (including phenoxy) is 2. The SMILES string of the molecule is CCC.O=C1CC(COc2cc(-c3ccc(N4CCN(C5CCOCC5)CC4)cn3)cc3ncsc23)CN1. The molecule has 0 radical (unpaired) electrons. The maximum atomic E-state index is 11.5. The summed E-state index contributed by atoms with van der Waals surface area (Å²) < 4.78 is 12.7. The molecule has 3 saturated heterocycles. The Kier molecular flexibility index (Phi) is 9.09. The lowest BCUT2D eigenvalue weighted by Crippen LogP contribution is -2.51. The zero-order chi connectivity index (χ0) is 26.3. The Balaban J connectivity index is 0.000000937. The summed E-state index contributed by atoms with van der Waals surface area (Å²) in [6.45, 7) is 11.5. The topological polar surface area (TPSA) is 79.8 Å². The molecule has 0 saturated carbocycles. The number of hydrogen-bond donors (Lipinski definition) is 1. The van der Waals surface area contributed by atoms with E-state index >= 15 is 0 Å². The molecule has 9 heteroatoms. The summed E-state index contributed by atoms with van der Waals surface area (Å²) >= 11 is 1.58. The van der Waals surface area contributed by atoms with Gasteiger partial charge >= 0.3 is 0 Å². The van der Waals surface area contributed by atoms with Gasteiger partial charge in [0.25, 0.3) is 0 Å². The molecular weight excluding hydrogens is 498 g/mol. The number of pyridine rings is 1. The summed E-state index contributed by atoms with van der Waals surface area (Å²) in [4.78, 5) is 25.9. The summed E-state index contributed by atoms with van der Waals surface area (Å²) in [5.41, 5.74) is 5.84. The lowest BCUT2D eigenvalue weighted by Gasteiger charge is -2.41. The van der Waals surface area contributed by atoms with Crippen molar-refractivity contribution >= 4 is 33.1 Å². The van der Waals surface area contributed by atoms with E-state index in [9.17, 15) is 4.79 Å². The van der Waals surface area contributed by atoms with Crippen molar-refractivity contribution in [1.29, 1.82) is 0 Å². The highest BCUT2D eigenvalue weighted by Crippen LogP contribution is 2.35. The number of aromatic nitrogens is 2. The number of benzene rings is 1. The van der Waals surface area contributed by atoms with Gasteiger partial charge in [0.1, 0.15) is 5.75 Å². The van der Waals surface area contributed by atoms with E-state index in [-0.39, 0.29) is 11.8 Å². The van der Waals surface area contributed by atoms with Gasteiger partial charge in [0.05, 0.1) is 39.9 Å². The van der Waals surface area contributed by atoms with Gasteiger partial charge in [0.15, 0.2) is 0 Å². The highest BCUT2D eigenvalue weighted by Gasteiger charge is 2.26. The van der Waals surface area contributed by atoms with Crippen LogP contribution in [0, 0.1) is 5.92 Å². The molecule has 1 N–H and O–H groups in total. The van der Waals surface area contributed by atoms with Gasteiger partial charge in [-0.15, -0.1) is 11.3 Å². The lowest BCUT2D eigenvalue weighted by molar-refractivity contribution is -0.119.